The molecule has 1 aliphatic heterocycles. The number of nitrogens with zero attached hydrogens (tertiary/aromatic N) is 1. The Hall–Kier alpha value is -3.07. The Kier molecular flexibility index (Phi) is 9.88. The molecule has 3 aromatic rings. The molecule has 0 aliphatic carbocycles. The summed E-state index contributed by atoms with van der Waals surface area (Å²) in [6.07, 6.45) is 1.46. The number of benzene rings is 3. The molecule has 0 fully saturated rings. The predicted molar refractivity (Wildman–Crippen MR) is 154 cm³/mol. The van der Waals surface area contributed by atoms with E-state index in [9.17, 15) is 4.79 Å². The van der Waals surface area contributed by atoms with Gasteiger partial charge in [0.25, 0.3) is 5.91 Å². The lowest BCUT2D eigenvalue weighted by Crippen LogP contribution is -2.52. The van der Waals surface area contributed by atoms with Crippen molar-refractivity contribution in [2.75, 3.05) is 13.2 Å². The molecule has 0 saturated carbocycles. The Morgan fingerprint density at radius 2 is 1.87 bits per heavy atom. The van der Waals surface area contributed by atoms with Crippen LogP contribution in [-0.4, -0.2) is 35.7 Å². The van der Waals surface area contributed by atoms with E-state index in [4.69, 9.17) is 54.4 Å². The Morgan fingerprint density at radius 3 is 2.56 bits per heavy atom. The van der Waals surface area contributed by atoms with Gasteiger partial charge in [-0.1, -0.05) is 65.1 Å². The zero-order chi connectivity index (χ0) is 27.8. The summed E-state index contributed by atoms with van der Waals surface area (Å²) in [6, 6.07) is 19.5. The Morgan fingerprint density at radius 1 is 1.10 bits per heavy atom. The van der Waals surface area contributed by atoms with Gasteiger partial charge in [0.2, 0.25) is 5.90 Å². The highest BCUT2D eigenvalue weighted by Crippen LogP contribution is 2.45. The number of hydrogen-bond donors (Lipinski definition) is 3. The van der Waals surface area contributed by atoms with Gasteiger partial charge in [-0.15, -0.1) is 6.58 Å². The number of aliphatic hydroxyl groups is 1. The van der Waals surface area contributed by atoms with Gasteiger partial charge in [-0.3, -0.25) is 10.2 Å². The summed E-state index contributed by atoms with van der Waals surface area (Å²) in [4.78, 5) is 18.6. The first-order chi connectivity index (χ1) is 18.9. The fraction of sp³-hybridized carbons (Fsp3) is 0.241. The van der Waals surface area contributed by atoms with Crippen LogP contribution in [0.25, 0.3) is 0 Å². The zero-order valence-corrected chi connectivity index (χ0v) is 23.3. The molecule has 3 aromatic carbocycles. The number of hydrogen-bond acceptors (Lipinski definition) is 6. The topological polar surface area (TPSA) is 92.2 Å². The molecular weight excluding hydrogens is 561 g/mol. The summed E-state index contributed by atoms with van der Waals surface area (Å²) < 4.78 is 12.0. The maximum absolute atomic E-state index is 13.8. The molecule has 0 radical (unpaired) electrons. The van der Waals surface area contributed by atoms with Crippen molar-refractivity contribution in [3.8, 4) is 5.75 Å². The highest BCUT2D eigenvalue weighted by Gasteiger charge is 2.53. The van der Waals surface area contributed by atoms with Gasteiger partial charge in [-0.05, 0) is 48.0 Å². The summed E-state index contributed by atoms with van der Waals surface area (Å²) in [5.74, 6) is 0.488. The van der Waals surface area contributed by atoms with Gasteiger partial charge in [0.05, 0.1) is 6.61 Å². The van der Waals surface area contributed by atoms with Gasteiger partial charge in [0.1, 0.15) is 5.75 Å². The Balaban J connectivity index is 1.65. The number of nitrogens with one attached hydrogen (secondary N) is 2. The number of rotatable bonds is 12. The highest BCUT2D eigenvalue weighted by atomic mass is 35.5. The van der Waals surface area contributed by atoms with Crippen LogP contribution in [0.5, 0.6) is 5.75 Å². The van der Waals surface area contributed by atoms with Crippen LogP contribution < -0.4 is 15.6 Å². The van der Waals surface area contributed by atoms with Gasteiger partial charge in [0.15, 0.2) is 11.6 Å². The maximum Gasteiger partial charge on any atom is 0.266 e. The van der Waals surface area contributed by atoms with Gasteiger partial charge in [0, 0.05) is 52.2 Å². The number of carbonyl (C=O) groups excluding carboxylic acids is 1. The molecule has 0 aromatic heterocycles. The third kappa shape index (κ3) is 6.75. The highest BCUT2D eigenvalue weighted by molar-refractivity contribution is 6.35. The summed E-state index contributed by atoms with van der Waals surface area (Å²) in [5.41, 5.74) is 6.35. The van der Waals surface area contributed by atoms with E-state index < -0.39 is 17.6 Å². The van der Waals surface area contributed by atoms with Crippen molar-refractivity contribution in [1.29, 1.82) is 0 Å². The van der Waals surface area contributed by atoms with Crippen molar-refractivity contribution in [2.24, 2.45) is 4.99 Å². The van der Waals surface area contributed by atoms with Gasteiger partial charge >= 0.3 is 0 Å². The Bertz CT molecular complexity index is 1350. The fourth-order valence-electron chi connectivity index (χ4n) is 4.20. The van der Waals surface area contributed by atoms with Crippen molar-refractivity contribution < 1.29 is 19.4 Å². The summed E-state index contributed by atoms with van der Waals surface area (Å²) in [6.45, 7) is 4.62. The average Bonchev–Trinajstić information content (AvgIpc) is 3.31. The van der Waals surface area contributed by atoms with E-state index in [1.165, 1.54) is 0 Å². The number of ether oxygens (including phenoxy) is 2. The molecule has 1 aliphatic rings. The Labute approximate surface area is 242 Å². The van der Waals surface area contributed by atoms with Crippen molar-refractivity contribution in [1.82, 2.24) is 10.9 Å². The lowest BCUT2D eigenvalue weighted by atomic mass is 9.84. The van der Waals surface area contributed by atoms with E-state index in [0.29, 0.717) is 51.5 Å². The number of halogens is 3. The maximum atomic E-state index is 13.8. The third-order valence-electron chi connectivity index (χ3n) is 6.17. The lowest BCUT2D eigenvalue weighted by Gasteiger charge is -2.30. The molecule has 7 nitrogen and oxygen atoms in total. The summed E-state index contributed by atoms with van der Waals surface area (Å²) in [5, 5.41) is 10.4. The molecule has 0 saturated heterocycles. The van der Waals surface area contributed by atoms with E-state index in [-0.39, 0.29) is 18.9 Å². The van der Waals surface area contributed by atoms with E-state index in [1.807, 2.05) is 18.2 Å². The quantitative estimate of drug-likeness (QED) is 0.136. The third-order valence-corrected chi connectivity index (χ3v) is 7.10. The molecule has 1 heterocycles. The number of hydrazine groups is 1. The fourth-order valence-corrected chi connectivity index (χ4v) is 4.91. The molecule has 39 heavy (non-hydrogen) atoms. The van der Waals surface area contributed by atoms with Crippen molar-refractivity contribution in [2.45, 2.75) is 31.0 Å². The van der Waals surface area contributed by atoms with Crippen LogP contribution >= 0.6 is 34.8 Å². The standard InChI is InChI=1S/C29H28Cl3N3O4/c1-2-14-29(28(37)35-33-18-20-6-3-4-7-24(20)31)26(23-13-10-21(30)17-25(23)32)39-27(34-29)19-8-11-22(12-9-19)38-16-5-15-36/h2-4,6-13,17,26,33,36H,1,5,14-16,18H2,(H,35,37)/t26-,29-/m0/s1. The van der Waals surface area contributed by atoms with E-state index in [0.717, 1.165) is 5.56 Å². The number of aliphatic imine (C=N–C) groups is 1. The largest absolute Gasteiger partial charge is 0.494 e. The molecular formula is C29H28Cl3N3O4. The normalized spacial score (nSPS) is 18.3. The van der Waals surface area contributed by atoms with Crippen LogP contribution in [0.1, 0.15) is 35.6 Å². The first-order valence-electron chi connectivity index (χ1n) is 12.3. The van der Waals surface area contributed by atoms with Crippen LogP contribution in [0.4, 0.5) is 0 Å². The number of amides is 1. The first-order valence-corrected chi connectivity index (χ1v) is 13.4. The molecule has 1 amide bonds. The molecule has 3 N–H and O–H groups in total. The first kappa shape index (κ1) is 28.9. The molecule has 0 bridgehead atoms. The van der Waals surface area contributed by atoms with Crippen LogP contribution in [0.3, 0.4) is 0 Å². The van der Waals surface area contributed by atoms with E-state index in [1.54, 1.807) is 54.6 Å². The molecule has 2 atom stereocenters. The molecule has 0 spiro atoms. The second-order valence-electron chi connectivity index (χ2n) is 8.85. The van der Waals surface area contributed by atoms with E-state index in [2.05, 4.69) is 17.4 Å². The van der Waals surface area contributed by atoms with Gasteiger partial charge < -0.3 is 14.6 Å². The molecule has 204 valence electrons. The average molecular weight is 589 g/mol. The van der Waals surface area contributed by atoms with Crippen LogP contribution in [0.15, 0.2) is 84.4 Å². The minimum Gasteiger partial charge on any atom is -0.494 e. The smallest absolute Gasteiger partial charge is 0.266 e. The number of aliphatic hydroxyl groups excluding tert-OH is 1. The van der Waals surface area contributed by atoms with Crippen molar-refractivity contribution >= 4 is 46.6 Å². The summed E-state index contributed by atoms with van der Waals surface area (Å²) >= 11 is 19.0. The predicted octanol–water partition coefficient (Wildman–Crippen LogP) is 6.06. The monoisotopic (exact) mass is 587 g/mol. The lowest BCUT2D eigenvalue weighted by molar-refractivity contribution is -0.129. The second-order valence-corrected chi connectivity index (χ2v) is 10.1. The van der Waals surface area contributed by atoms with Crippen molar-refractivity contribution in [3.05, 3.63) is 111 Å². The van der Waals surface area contributed by atoms with Crippen LogP contribution in [0.2, 0.25) is 15.1 Å². The van der Waals surface area contributed by atoms with Crippen molar-refractivity contribution in [3.63, 3.8) is 0 Å². The van der Waals surface area contributed by atoms with Gasteiger partial charge in [-0.2, -0.15) is 0 Å². The second kappa shape index (κ2) is 13.3. The zero-order valence-electron chi connectivity index (χ0n) is 21.0. The SMILES string of the molecule is C=CC[C@]1(C(=O)NNCc2ccccc2Cl)N=C(c2ccc(OCCCO)cc2)O[C@H]1c1ccc(Cl)cc1Cl. The minimum atomic E-state index is -1.42. The molecule has 10 heteroatoms. The number of carbonyl (C=O) groups is 1. The van der Waals surface area contributed by atoms with Crippen LogP contribution in [0, 0.1) is 0 Å². The molecule has 0 unspecified atom stereocenters. The molecule has 4 rings (SSSR count). The summed E-state index contributed by atoms with van der Waals surface area (Å²) in [7, 11) is 0. The van der Waals surface area contributed by atoms with E-state index >= 15 is 0 Å². The van der Waals surface area contributed by atoms with Gasteiger partial charge in [-0.25, -0.2) is 10.4 Å². The minimum absolute atomic E-state index is 0.0536. The van der Waals surface area contributed by atoms with Crippen LogP contribution in [-0.2, 0) is 16.1 Å².